The Bertz CT molecular complexity index is 2520. The number of nitrogens with one attached hydrogen (secondary N) is 5. The van der Waals surface area contributed by atoms with E-state index in [0.29, 0.717) is 11.0 Å². The molecule has 17 atom stereocenters. The van der Waals surface area contributed by atoms with Gasteiger partial charge >= 0.3 is 39.2 Å². The van der Waals surface area contributed by atoms with Gasteiger partial charge in [-0.15, -0.1) is 0 Å². The number of hydrogen-bond donors (Lipinski definition) is 15. The monoisotopic (exact) mass is 1150 g/mol. The van der Waals surface area contributed by atoms with Gasteiger partial charge in [0.15, 0.2) is 29.9 Å². The van der Waals surface area contributed by atoms with E-state index in [1.807, 2.05) is 4.98 Å². The van der Waals surface area contributed by atoms with E-state index < -0.39 is 191 Å². The summed E-state index contributed by atoms with van der Waals surface area (Å²) in [7, 11) is -11.4. The van der Waals surface area contributed by atoms with Gasteiger partial charge in [0.1, 0.15) is 60.9 Å². The molecule has 2 saturated heterocycles. The first-order chi connectivity index (χ1) is 35.6. The number of aliphatic hydroxyl groups excluding tert-OH is 4. The van der Waals surface area contributed by atoms with Crippen LogP contribution >= 0.6 is 15.6 Å². The van der Waals surface area contributed by atoms with E-state index in [1.165, 1.54) is 0 Å². The number of carboxylic acid groups (broad SMARTS) is 2. The van der Waals surface area contributed by atoms with Gasteiger partial charge in [-0.05, 0) is 59.9 Å². The normalized spacial score (nSPS) is 26.6. The maximum atomic E-state index is 14.2. The lowest BCUT2D eigenvalue weighted by molar-refractivity contribution is -0.260. The van der Waals surface area contributed by atoms with Crippen LogP contribution in [0.1, 0.15) is 73.0 Å². The lowest BCUT2D eigenvalue weighted by atomic mass is 9.90. The van der Waals surface area contributed by atoms with Crippen molar-refractivity contribution in [2.45, 2.75) is 158 Å². The third-order valence-electron chi connectivity index (χ3n) is 11.5. The number of aliphatic carboxylic acids is 2. The molecule has 0 spiro atoms. The van der Waals surface area contributed by atoms with Gasteiger partial charge in [0.25, 0.3) is 11.5 Å². The Morgan fingerprint density at radius 3 is 1.95 bits per heavy atom. The molecule has 1 aromatic rings. The molecule has 1 aromatic heterocycles. The third-order valence-corrected chi connectivity index (χ3v) is 14.1. The Hall–Kier alpha value is -5.46. The zero-order valence-corrected chi connectivity index (χ0v) is 43.5. The van der Waals surface area contributed by atoms with Gasteiger partial charge in [-0.25, -0.2) is 23.5 Å². The topological polar surface area (TPSA) is 552 Å². The molecule has 3 heterocycles. The van der Waals surface area contributed by atoms with Crippen molar-refractivity contribution >= 4 is 63.0 Å². The molecule has 0 radical (unpaired) electrons. The van der Waals surface area contributed by atoms with Crippen molar-refractivity contribution in [1.82, 2.24) is 30.8 Å². The number of unbranched alkanes of at least 4 members (excludes halogenated alkanes) is 1. The van der Waals surface area contributed by atoms with Crippen LogP contribution in [0.15, 0.2) is 21.9 Å². The van der Waals surface area contributed by atoms with Crippen LogP contribution in [0.3, 0.4) is 0 Å². The van der Waals surface area contributed by atoms with Gasteiger partial charge < -0.3 is 92.1 Å². The Morgan fingerprint density at radius 1 is 0.831 bits per heavy atom. The van der Waals surface area contributed by atoms with Crippen molar-refractivity contribution in [3.05, 3.63) is 33.1 Å². The Morgan fingerprint density at radius 2 is 1.40 bits per heavy atom. The van der Waals surface area contributed by atoms with E-state index in [4.69, 9.17) is 40.0 Å². The molecule has 37 heteroatoms. The molecule has 35 nitrogen and oxygen atoms in total. The number of aliphatic hydroxyl groups is 4. The quantitative estimate of drug-likeness (QED) is 0.0147. The van der Waals surface area contributed by atoms with E-state index >= 15 is 0 Å². The summed E-state index contributed by atoms with van der Waals surface area (Å²) in [6.45, 7) is 2.65. The number of carbonyl (C=O) groups excluding carboxylic acids is 6. The Kier molecular flexibility index (Phi) is 24.3. The lowest BCUT2D eigenvalue weighted by Gasteiger charge is -2.42. The van der Waals surface area contributed by atoms with Crippen molar-refractivity contribution in [2.75, 3.05) is 19.8 Å². The molecular weight excluding hydrogens is 1090 g/mol. The number of Topliss-reactive ketones (excluding diaryl/α,β-unsaturated/α-hetero) is 1. The fraction of sp³-hybridized carbons (Fsp3) is 0.700. The second-order valence-corrected chi connectivity index (χ2v) is 20.7. The highest BCUT2D eigenvalue weighted by molar-refractivity contribution is 7.61. The van der Waals surface area contributed by atoms with Crippen LogP contribution in [0, 0.1) is 0 Å². The van der Waals surface area contributed by atoms with Crippen LogP contribution in [0.5, 0.6) is 0 Å². The van der Waals surface area contributed by atoms with E-state index in [2.05, 4.69) is 30.1 Å². The number of nitrogens with two attached hydrogens (primary N) is 2. The number of amides is 4. The van der Waals surface area contributed by atoms with Crippen molar-refractivity contribution < 1.29 is 120 Å². The van der Waals surface area contributed by atoms with E-state index in [0.717, 1.165) is 46.9 Å². The molecule has 2 fully saturated rings. The second-order valence-electron chi connectivity index (χ2n) is 17.7. The van der Waals surface area contributed by atoms with Crippen LogP contribution in [0.25, 0.3) is 0 Å². The van der Waals surface area contributed by atoms with Gasteiger partial charge in [-0.3, -0.25) is 52.2 Å². The van der Waals surface area contributed by atoms with E-state index in [9.17, 15) is 92.4 Å². The number of rotatable bonds is 30. The first-order valence-electron chi connectivity index (χ1n) is 23.2. The van der Waals surface area contributed by atoms with Gasteiger partial charge in [0.2, 0.25) is 17.7 Å². The summed E-state index contributed by atoms with van der Waals surface area (Å²) in [5, 5.41) is 70.0. The van der Waals surface area contributed by atoms with Crippen molar-refractivity contribution in [3.63, 3.8) is 0 Å². The highest BCUT2D eigenvalue weighted by atomic mass is 31.3. The standard InChI is InChI=1S/C40H64N8O27P2/c1-16(36(61)72-18(3)35(59)60)43-32(57)20(8-6-7-12-41)44-33(58)21(9-10-25(51)52)45-38(63)40(5,47-19(4)49)31(56)17(2)71-30-26(42)37(62)74-23(28(30)54)15-70-77(67,68)75-76(65,66)69-14-22-27(53)29(55)34(73-22)48-13-11-24(50)46-39(48)64/h11,13,16-18,20-23,26-30,34,37,53-55,62H,6-10,12,14-15,41-42H2,1-5H3,(H,43,57)(H,44,58)(H,45,63)(H,47,49)(H,51,52)(H,59,60)(H,65,66)(H,67,68)(H,46,50,64)/t16-,17?,18?,20+,21-,22-,23-,26-,27-,28-,29-,30-,34-,37+,40-/m1/s1. The summed E-state index contributed by atoms with van der Waals surface area (Å²) >= 11 is 0. The number of esters is 1. The molecule has 436 valence electrons. The molecule has 0 bridgehead atoms. The molecule has 0 aliphatic carbocycles. The van der Waals surface area contributed by atoms with Gasteiger partial charge in [0.05, 0.1) is 19.3 Å². The number of ketones is 1. The summed E-state index contributed by atoms with van der Waals surface area (Å²) in [6.07, 6.45) is -19.0. The molecular formula is C40H64N8O27P2. The number of phosphoric acid groups is 2. The average molecular weight is 1150 g/mol. The molecule has 4 unspecified atom stereocenters. The molecule has 3 rings (SSSR count). The predicted molar refractivity (Wildman–Crippen MR) is 251 cm³/mol. The zero-order chi connectivity index (χ0) is 58.5. The minimum Gasteiger partial charge on any atom is -0.481 e. The number of carboxylic acids is 2. The van der Waals surface area contributed by atoms with Crippen LogP contribution < -0.4 is 44.0 Å². The van der Waals surface area contributed by atoms with Gasteiger partial charge in [-0.1, -0.05) is 0 Å². The Balaban J connectivity index is 1.75. The molecule has 0 aromatic carbocycles. The Labute approximate surface area is 435 Å². The van der Waals surface area contributed by atoms with E-state index in [1.54, 1.807) is 0 Å². The molecule has 2 aliphatic rings. The number of hydrogen-bond acceptors (Lipinski definition) is 25. The highest BCUT2D eigenvalue weighted by Gasteiger charge is 2.51. The fourth-order valence-corrected chi connectivity index (χ4v) is 9.45. The lowest BCUT2D eigenvalue weighted by Crippen LogP contribution is -2.68. The second kappa shape index (κ2) is 28.4. The maximum absolute atomic E-state index is 14.2. The summed E-state index contributed by atoms with van der Waals surface area (Å²) in [6, 6.07) is -5.71. The number of nitrogens with zero attached hydrogens (tertiary/aromatic N) is 1. The predicted octanol–water partition coefficient (Wildman–Crippen LogP) is -6.47. The number of phosphoric ester groups is 2. The minimum absolute atomic E-state index is 0.140. The third kappa shape index (κ3) is 18.9. The fourth-order valence-electron chi connectivity index (χ4n) is 7.36. The van der Waals surface area contributed by atoms with E-state index in [-0.39, 0.29) is 19.4 Å². The smallest absolute Gasteiger partial charge is 0.481 e. The number of aromatic nitrogens is 2. The van der Waals surface area contributed by atoms with Crippen LogP contribution in [-0.2, 0) is 79.8 Å². The highest BCUT2D eigenvalue weighted by Crippen LogP contribution is 2.60. The number of ether oxygens (including phenoxy) is 4. The molecule has 4 amide bonds. The first kappa shape index (κ1) is 65.8. The number of H-pyrrole nitrogens is 1. The summed E-state index contributed by atoms with van der Waals surface area (Å²) in [5.41, 5.74) is 6.97. The summed E-state index contributed by atoms with van der Waals surface area (Å²) in [4.78, 5) is 149. The van der Waals surface area contributed by atoms with Crippen molar-refractivity contribution in [3.8, 4) is 0 Å². The average Bonchev–Trinajstić information content (AvgIpc) is 3.61. The maximum Gasteiger partial charge on any atom is 0.481 e. The largest absolute Gasteiger partial charge is 0.481 e. The first-order valence-corrected chi connectivity index (χ1v) is 26.2. The number of aromatic amines is 1. The van der Waals surface area contributed by atoms with Crippen molar-refractivity contribution in [2.24, 2.45) is 11.5 Å². The SMILES string of the molecule is CC(=O)N[C@@](C)(C(=O)N[C@H](CCC(=O)O)C(=O)N[C@@H](CCCCN)C(=O)N[C@H](C)C(=O)OC(C)C(=O)O)C(=O)C(C)O[C@@H]1[C@@H](N)[C@@H](O)O[C@H](COP(=O)(O)OP(=O)(O)OC[C@H]2O[C@@H](n3ccc(=O)[nH]c3=O)[C@H](O)[C@@H]2O)[C@H]1O. The number of carbonyl (C=O) groups is 8. The summed E-state index contributed by atoms with van der Waals surface area (Å²) < 4.78 is 60.6. The summed E-state index contributed by atoms with van der Waals surface area (Å²) in [5.74, 6) is -10.1. The van der Waals surface area contributed by atoms with Crippen LogP contribution in [-0.4, -0.2) is 202 Å². The van der Waals surface area contributed by atoms with Crippen LogP contribution in [0.2, 0.25) is 0 Å². The molecule has 77 heavy (non-hydrogen) atoms. The van der Waals surface area contributed by atoms with Gasteiger partial charge in [-0.2, -0.15) is 4.31 Å². The zero-order valence-electron chi connectivity index (χ0n) is 41.7. The minimum atomic E-state index is -5.75. The molecule has 2 aliphatic heterocycles. The van der Waals surface area contributed by atoms with Gasteiger partial charge in [0, 0.05) is 25.6 Å². The molecule has 0 saturated carbocycles. The van der Waals surface area contributed by atoms with Crippen LogP contribution in [0.4, 0.5) is 0 Å². The molecule has 17 N–H and O–H groups in total. The van der Waals surface area contributed by atoms with Crippen molar-refractivity contribution in [1.29, 1.82) is 0 Å².